The summed E-state index contributed by atoms with van der Waals surface area (Å²) in [5, 5.41) is 11.0. The average molecular weight is 368 g/mol. The molecule has 0 spiro atoms. The molecule has 0 aromatic heterocycles. The first kappa shape index (κ1) is 18.3. The van der Waals surface area contributed by atoms with E-state index in [-0.39, 0.29) is 6.61 Å². The minimum atomic E-state index is -3.68. The van der Waals surface area contributed by atoms with E-state index in [1.807, 2.05) is 6.92 Å². The zero-order chi connectivity index (χ0) is 17.6. The molecule has 0 atom stereocenters. The standard InChI is InChI=1S/C17H18ClNO4S/c1-2-23-17-8-7-16(11-14(17)12-20)19-24(21,22)10-9-13-3-5-15(18)6-4-13/h3-11,19-20H,2,12H2,1H3/b10-9+. The maximum atomic E-state index is 12.1. The Bertz CT molecular complexity index is 817. The molecule has 0 amide bonds. The third-order valence-corrected chi connectivity index (χ3v) is 4.37. The van der Waals surface area contributed by atoms with E-state index in [4.69, 9.17) is 16.3 Å². The Balaban J connectivity index is 2.15. The summed E-state index contributed by atoms with van der Waals surface area (Å²) in [6, 6.07) is 11.5. The van der Waals surface area contributed by atoms with Crippen LogP contribution < -0.4 is 9.46 Å². The Morgan fingerprint density at radius 3 is 2.54 bits per heavy atom. The maximum absolute atomic E-state index is 12.1. The van der Waals surface area contributed by atoms with Crippen LogP contribution in [0.2, 0.25) is 5.02 Å². The van der Waals surface area contributed by atoms with E-state index in [1.165, 1.54) is 6.08 Å². The van der Waals surface area contributed by atoms with E-state index in [0.29, 0.717) is 34.2 Å². The van der Waals surface area contributed by atoms with Crippen LogP contribution in [0.5, 0.6) is 5.75 Å². The average Bonchev–Trinajstić information content (AvgIpc) is 2.55. The van der Waals surface area contributed by atoms with Crippen LogP contribution in [0.3, 0.4) is 0 Å². The van der Waals surface area contributed by atoms with Gasteiger partial charge in [0.1, 0.15) is 5.75 Å². The van der Waals surface area contributed by atoms with Crippen molar-refractivity contribution in [1.29, 1.82) is 0 Å². The molecule has 0 unspecified atom stereocenters. The van der Waals surface area contributed by atoms with Crippen molar-refractivity contribution in [2.75, 3.05) is 11.3 Å². The quantitative estimate of drug-likeness (QED) is 0.783. The van der Waals surface area contributed by atoms with Gasteiger partial charge >= 0.3 is 0 Å². The number of hydrogen-bond donors (Lipinski definition) is 2. The van der Waals surface area contributed by atoms with Gasteiger partial charge in [0, 0.05) is 16.3 Å². The Morgan fingerprint density at radius 2 is 1.92 bits per heavy atom. The highest BCUT2D eigenvalue weighted by Crippen LogP contribution is 2.24. The van der Waals surface area contributed by atoms with Crippen LogP contribution in [0.25, 0.3) is 6.08 Å². The monoisotopic (exact) mass is 367 g/mol. The molecular formula is C17H18ClNO4S. The van der Waals surface area contributed by atoms with Crippen molar-refractivity contribution < 1.29 is 18.3 Å². The molecule has 5 nitrogen and oxygen atoms in total. The van der Waals surface area contributed by atoms with Gasteiger partial charge in [0.25, 0.3) is 10.0 Å². The fourth-order valence-electron chi connectivity index (χ4n) is 2.00. The summed E-state index contributed by atoms with van der Waals surface area (Å²) < 4.78 is 32.1. The number of ether oxygens (including phenoxy) is 1. The number of nitrogens with one attached hydrogen (secondary N) is 1. The fourth-order valence-corrected chi connectivity index (χ4v) is 2.99. The molecule has 0 bridgehead atoms. The molecule has 2 aromatic carbocycles. The molecule has 0 radical (unpaired) electrons. The van der Waals surface area contributed by atoms with E-state index in [0.717, 1.165) is 5.41 Å². The van der Waals surface area contributed by atoms with Gasteiger partial charge in [0.15, 0.2) is 0 Å². The predicted octanol–water partition coefficient (Wildman–Crippen LogP) is 3.64. The topological polar surface area (TPSA) is 75.6 Å². The van der Waals surface area contributed by atoms with E-state index in [9.17, 15) is 13.5 Å². The number of halogens is 1. The van der Waals surface area contributed by atoms with E-state index in [1.54, 1.807) is 42.5 Å². The van der Waals surface area contributed by atoms with Gasteiger partial charge in [-0.05, 0) is 48.9 Å². The number of rotatable bonds is 7. The van der Waals surface area contributed by atoms with Crippen molar-refractivity contribution in [3.8, 4) is 5.75 Å². The highest BCUT2D eigenvalue weighted by Gasteiger charge is 2.09. The number of benzene rings is 2. The zero-order valence-corrected chi connectivity index (χ0v) is 14.6. The Morgan fingerprint density at radius 1 is 1.21 bits per heavy atom. The lowest BCUT2D eigenvalue weighted by Gasteiger charge is -2.11. The smallest absolute Gasteiger partial charge is 0.255 e. The predicted molar refractivity (Wildman–Crippen MR) is 96.6 cm³/mol. The lowest BCUT2D eigenvalue weighted by Crippen LogP contribution is -2.09. The fraction of sp³-hybridized carbons (Fsp3) is 0.176. The third kappa shape index (κ3) is 5.26. The van der Waals surface area contributed by atoms with Crippen LogP contribution in [-0.2, 0) is 16.6 Å². The number of hydrogen-bond acceptors (Lipinski definition) is 4. The Labute approximate surface area is 146 Å². The second-order valence-electron chi connectivity index (χ2n) is 4.92. The summed E-state index contributed by atoms with van der Waals surface area (Å²) in [7, 11) is -3.68. The summed E-state index contributed by atoms with van der Waals surface area (Å²) in [6.45, 7) is 2.05. The summed E-state index contributed by atoms with van der Waals surface area (Å²) >= 11 is 5.79. The molecule has 24 heavy (non-hydrogen) atoms. The van der Waals surface area contributed by atoms with E-state index < -0.39 is 10.0 Å². The maximum Gasteiger partial charge on any atom is 0.255 e. The third-order valence-electron chi connectivity index (χ3n) is 3.10. The van der Waals surface area contributed by atoms with Crippen molar-refractivity contribution in [3.05, 3.63) is 64.0 Å². The number of anilines is 1. The number of aliphatic hydroxyl groups excluding tert-OH is 1. The molecule has 2 N–H and O–H groups in total. The molecule has 0 aliphatic carbocycles. The van der Waals surface area contributed by atoms with Crippen LogP contribution in [-0.4, -0.2) is 20.1 Å². The van der Waals surface area contributed by atoms with Crippen LogP contribution in [0.4, 0.5) is 5.69 Å². The molecule has 7 heteroatoms. The van der Waals surface area contributed by atoms with Crippen molar-refractivity contribution >= 4 is 33.4 Å². The van der Waals surface area contributed by atoms with Crippen molar-refractivity contribution in [3.63, 3.8) is 0 Å². The number of sulfonamides is 1. The molecule has 2 rings (SSSR count). The highest BCUT2D eigenvalue weighted by molar-refractivity contribution is 7.95. The number of aliphatic hydroxyl groups is 1. The van der Waals surface area contributed by atoms with E-state index in [2.05, 4.69) is 4.72 Å². The molecule has 2 aromatic rings. The SMILES string of the molecule is CCOc1ccc(NS(=O)(=O)/C=C/c2ccc(Cl)cc2)cc1CO. The van der Waals surface area contributed by atoms with Crippen LogP contribution in [0, 0.1) is 0 Å². The second-order valence-corrected chi connectivity index (χ2v) is 6.92. The van der Waals surface area contributed by atoms with Gasteiger partial charge < -0.3 is 9.84 Å². The van der Waals surface area contributed by atoms with Crippen LogP contribution >= 0.6 is 11.6 Å². The summed E-state index contributed by atoms with van der Waals surface area (Å²) in [4.78, 5) is 0. The normalized spacial score (nSPS) is 11.6. The first-order valence-electron chi connectivity index (χ1n) is 7.26. The summed E-state index contributed by atoms with van der Waals surface area (Å²) in [5.74, 6) is 0.527. The minimum absolute atomic E-state index is 0.245. The van der Waals surface area contributed by atoms with Gasteiger partial charge in [-0.3, -0.25) is 4.72 Å². The molecule has 128 valence electrons. The van der Waals surface area contributed by atoms with Gasteiger partial charge in [-0.25, -0.2) is 8.42 Å². The van der Waals surface area contributed by atoms with Crippen molar-refractivity contribution in [1.82, 2.24) is 0 Å². The molecule has 0 fully saturated rings. The van der Waals surface area contributed by atoms with Gasteiger partial charge in [0.2, 0.25) is 0 Å². The molecule has 0 saturated heterocycles. The molecule has 0 heterocycles. The summed E-state index contributed by atoms with van der Waals surface area (Å²) in [5.41, 5.74) is 1.58. The van der Waals surface area contributed by atoms with Crippen LogP contribution in [0.15, 0.2) is 47.9 Å². The molecular weight excluding hydrogens is 350 g/mol. The van der Waals surface area contributed by atoms with Gasteiger partial charge in [-0.15, -0.1) is 0 Å². The zero-order valence-electron chi connectivity index (χ0n) is 13.1. The second kappa shape index (κ2) is 8.19. The van der Waals surface area contributed by atoms with E-state index >= 15 is 0 Å². The van der Waals surface area contributed by atoms with Gasteiger partial charge in [-0.2, -0.15) is 0 Å². The molecule has 0 saturated carbocycles. The van der Waals surface area contributed by atoms with Crippen LogP contribution in [0.1, 0.15) is 18.1 Å². The Hall–Kier alpha value is -2.02. The lowest BCUT2D eigenvalue weighted by atomic mass is 10.2. The van der Waals surface area contributed by atoms with Crippen molar-refractivity contribution in [2.24, 2.45) is 0 Å². The largest absolute Gasteiger partial charge is 0.494 e. The lowest BCUT2D eigenvalue weighted by molar-refractivity contribution is 0.267. The van der Waals surface area contributed by atoms with Gasteiger partial charge in [0.05, 0.1) is 18.6 Å². The molecule has 0 aliphatic rings. The first-order chi connectivity index (χ1) is 11.4. The Kier molecular flexibility index (Phi) is 6.25. The minimum Gasteiger partial charge on any atom is -0.494 e. The summed E-state index contributed by atoms with van der Waals surface area (Å²) in [6.07, 6.45) is 1.47. The van der Waals surface area contributed by atoms with Crippen molar-refractivity contribution in [2.45, 2.75) is 13.5 Å². The highest BCUT2D eigenvalue weighted by atomic mass is 35.5. The first-order valence-corrected chi connectivity index (χ1v) is 9.19. The molecule has 0 aliphatic heterocycles. The van der Waals surface area contributed by atoms with Gasteiger partial charge in [-0.1, -0.05) is 23.7 Å².